The standard InChI is InChI=1S/C14H16N2O/c1-4-16(3)9-13-10(2)15-14(17)12-8-6-5-7-11(12)13/h4-8H,9H2,1-3H3/p+1/b16-4+. The van der Waals surface area contributed by atoms with Crippen molar-refractivity contribution < 1.29 is 4.58 Å². The SMILES string of the molecule is C/C=[N+](\C)Cc1c(C)[nH]c(=O)c2ccccc12. The van der Waals surface area contributed by atoms with Crippen LogP contribution in [0, 0.1) is 6.92 Å². The normalized spacial score (nSPS) is 12.1. The zero-order chi connectivity index (χ0) is 12.4. The Bertz CT molecular complexity index is 638. The minimum absolute atomic E-state index is 0.00928. The molecule has 1 heterocycles. The van der Waals surface area contributed by atoms with Crippen LogP contribution in [0.15, 0.2) is 29.1 Å². The van der Waals surface area contributed by atoms with Crippen molar-refractivity contribution in [1.82, 2.24) is 4.98 Å². The second kappa shape index (κ2) is 4.53. The summed E-state index contributed by atoms with van der Waals surface area (Å²) in [5, 5.41) is 1.81. The third-order valence-electron chi connectivity index (χ3n) is 3.10. The first-order valence-electron chi connectivity index (χ1n) is 5.73. The predicted octanol–water partition coefficient (Wildman–Crippen LogP) is 2.07. The Labute approximate surface area is 100 Å². The van der Waals surface area contributed by atoms with Gasteiger partial charge in [0.25, 0.3) is 5.56 Å². The molecule has 2 aromatic rings. The van der Waals surface area contributed by atoms with Gasteiger partial charge < -0.3 is 4.98 Å². The Kier molecular flexibility index (Phi) is 3.09. The third kappa shape index (κ3) is 2.13. The molecule has 0 spiro atoms. The van der Waals surface area contributed by atoms with Crippen molar-refractivity contribution in [2.24, 2.45) is 0 Å². The average Bonchev–Trinajstić information content (AvgIpc) is 2.34. The first kappa shape index (κ1) is 11.6. The van der Waals surface area contributed by atoms with Gasteiger partial charge in [0, 0.05) is 23.6 Å². The van der Waals surface area contributed by atoms with Crippen LogP contribution in [0.2, 0.25) is 0 Å². The van der Waals surface area contributed by atoms with Crippen molar-refractivity contribution in [2.75, 3.05) is 7.05 Å². The lowest BCUT2D eigenvalue weighted by atomic mass is 10.0. The molecular weight excluding hydrogens is 212 g/mol. The lowest BCUT2D eigenvalue weighted by Gasteiger charge is -2.07. The van der Waals surface area contributed by atoms with E-state index >= 15 is 0 Å². The van der Waals surface area contributed by atoms with Crippen LogP contribution in [0.1, 0.15) is 18.2 Å². The molecule has 0 amide bonds. The van der Waals surface area contributed by atoms with Crippen LogP contribution in [0.5, 0.6) is 0 Å². The number of aromatic nitrogens is 1. The number of benzene rings is 1. The quantitative estimate of drug-likeness (QED) is 0.621. The molecule has 0 aliphatic carbocycles. The number of hydrogen-bond acceptors (Lipinski definition) is 1. The van der Waals surface area contributed by atoms with Gasteiger partial charge in [0.2, 0.25) is 0 Å². The number of pyridine rings is 1. The summed E-state index contributed by atoms with van der Waals surface area (Å²) >= 11 is 0. The fourth-order valence-corrected chi connectivity index (χ4v) is 2.00. The van der Waals surface area contributed by atoms with Crippen LogP contribution in [0.3, 0.4) is 0 Å². The van der Waals surface area contributed by atoms with E-state index in [1.54, 1.807) is 0 Å². The van der Waals surface area contributed by atoms with Gasteiger partial charge in [-0.3, -0.25) is 4.79 Å². The molecule has 0 saturated carbocycles. The van der Waals surface area contributed by atoms with Gasteiger partial charge in [-0.1, -0.05) is 18.2 Å². The highest BCUT2D eigenvalue weighted by Crippen LogP contribution is 2.17. The predicted molar refractivity (Wildman–Crippen MR) is 70.9 cm³/mol. The fourth-order valence-electron chi connectivity index (χ4n) is 2.00. The summed E-state index contributed by atoms with van der Waals surface area (Å²) < 4.78 is 2.10. The molecule has 0 bridgehead atoms. The lowest BCUT2D eigenvalue weighted by Crippen LogP contribution is -2.14. The number of aromatic amines is 1. The molecule has 1 aromatic heterocycles. The van der Waals surface area contributed by atoms with Gasteiger partial charge >= 0.3 is 0 Å². The number of nitrogens with zero attached hydrogens (tertiary/aromatic N) is 1. The van der Waals surface area contributed by atoms with E-state index in [2.05, 4.69) is 9.56 Å². The molecule has 0 unspecified atom stereocenters. The Balaban J connectivity index is 2.74. The van der Waals surface area contributed by atoms with E-state index in [4.69, 9.17) is 0 Å². The smallest absolute Gasteiger partial charge is 0.256 e. The van der Waals surface area contributed by atoms with E-state index in [0.717, 1.165) is 23.0 Å². The zero-order valence-electron chi connectivity index (χ0n) is 10.4. The monoisotopic (exact) mass is 229 g/mol. The zero-order valence-corrected chi connectivity index (χ0v) is 10.4. The molecule has 0 atom stereocenters. The molecule has 2 rings (SSSR count). The van der Waals surface area contributed by atoms with Gasteiger partial charge in [0.05, 0.1) is 0 Å². The molecule has 0 aliphatic rings. The largest absolute Gasteiger partial charge is 0.325 e. The maximum absolute atomic E-state index is 11.8. The molecule has 0 saturated heterocycles. The van der Waals surface area contributed by atoms with Crippen LogP contribution in [0.4, 0.5) is 0 Å². The lowest BCUT2D eigenvalue weighted by molar-refractivity contribution is -0.509. The highest BCUT2D eigenvalue weighted by Gasteiger charge is 2.11. The first-order valence-corrected chi connectivity index (χ1v) is 5.73. The van der Waals surface area contributed by atoms with Gasteiger partial charge in [0.15, 0.2) is 6.54 Å². The Morgan fingerprint density at radius 1 is 1.29 bits per heavy atom. The highest BCUT2D eigenvalue weighted by molar-refractivity contribution is 5.85. The number of aryl methyl sites for hydroxylation is 1. The summed E-state index contributed by atoms with van der Waals surface area (Å²) in [7, 11) is 2.03. The van der Waals surface area contributed by atoms with Gasteiger partial charge in [-0.25, -0.2) is 4.58 Å². The van der Waals surface area contributed by atoms with Gasteiger partial charge in [0.1, 0.15) is 13.3 Å². The third-order valence-corrected chi connectivity index (χ3v) is 3.10. The van der Waals surface area contributed by atoms with Crippen molar-refractivity contribution in [3.63, 3.8) is 0 Å². The molecule has 88 valence electrons. The number of H-pyrrole nitrogens is 1. The number of hydrogen-bond donors (Lipinski definition) is 1. The topological polar surface area (TPSA) is 35.9 Å². The van der Waals surface area contributed by atoms with Crippen molar-refractivity contribution in [3.8, 4) is 0 Å². The Morgan fingerprint density at radius 3 is 2.59 bits per heavy atom. The minimum atomic E-state index is -0.00928. The van der Waals surface area contributed by atoms with E-state index < -0.39 is 0 Å². The number of rotatable bonds is 2. The van der Waals surface area contributed by atoms with E-state index in [0.29, 0.717) is 0 Å². The number of fused-ring (bicyclic) bond motifs is 1. The molecule has 3 heteroatoms. The average molecular weight is 229 g/mol. The molecule has 17 heavy (non-hydrogen) atoms. The van der Waals surface area contributed by atoms with Crippen LogP contribution < -0.4 is 5.56 Å². The van der Waals surface area contributed by atoms with Gasteiger partial charge in [-0.2, -0.15) is 0 Å². The number of nitrogens with one attached hydrogen (secondary N) is 1. The van der Waals surface area contributed by atoms with Crippen LogP contribution >= 0.6 is 0 Å². The maximum Gasteiger partial charge on any atom is 0.256 e. The minimum Gasteiger partial charge on any atom is -0.325 e. The van der Waals surface area contributed by atoms with Crippen LogP contribution in [-0.2, 0) is 6.54 Å². The first-order chi connectivity index (χ1) is 8.13. The van der Waals surface area contributed by atoms with Crippen molar-refractivity contribution in [2.45, 2.75) is 20.4 Å². The fraction of sp³-hybridized carbons (Fsp3) is 0.286. The van der Waals surface area contributed by atoms with E-state index in [1.165, 1.54) is 5.56 Å². The summed E-state index contributed by atoms with van der Waals surface area (Å²) in [5.41, 5.74) is 2.12. The second-order valence-electron chi connectivity index (χ2n) is 4.28. The molecular formula is C14H17N2O+. The Morgan fingerprint density at radius 2 is 1.94 bits per heavy atom. The van der Waals surface area contributed by atoms with E-state index in [-0.39, 0.29) is 5.56 Å². The molecule has 1 aromatic carbocycles. The Hall–Kier alpha value is -1.90. The van der Waals surface area contributed by atoms with Gasteiger partial charge in [-0.05, 0) is 18.4 Å². The van der Waals surface area contributed by atoms with Crippen molar-refractivity contribution in [3.05, 3.63) is 45.9 Å². The molecule has 0 fully saturated rings. The van der Waals surface area contributed by atoms with Gasteiger partial charge in [-0.15, -0.1) is 0 Å². The molecule has 0 aliphatic heterocycles. The highest BCUT2D eigenvalue weighted by atomic mass is 16.1. The van der Waals surface area contributed by atoms with Crippen molar-refractivity contribution in [1.29, 1.82) is 0 Å². The summed E-state index contributed by atoms with van der Waals surface area (Å²) in [6, 6.07) is 7.75. The molecule has 1 N–H and O–H groups in total. The second-order valence-corrected chi connectivity index (χ2v) is 4.28. The summed E-state index contributed by atoms with van der Waals surface area (Å²) in [6.07, 6.45) is 2.03. The molecule has 0 radical (unpaired) electrons. The van der Waals surface area contributed by atoms with E-state index in [9.17, 15) is 4.79 Å². The summed E-state index contributed by atoms with van der Waals surface area (Å²) in [5.74, 6) is 0. The summed E-state index contributed by atoms with van der Waals surface area (Å²) in [4.78, 5) is 14.7. The maximum atomic E-state index is 11.8. The van der Waals surface area contributed by atoms with E-state index in [1.807, 2.05) is 51.4 Å². The molecule has 3 nitrogen and oxygen atoms in total. The van der Waals surface area contributed by atoms with Crippen LogP contribution in [0.25, 0.3) is 10.8 Å². The van der Waals surface area contributed by atoms with Crippen LogP contribution in [-0.4, -0.2) is 22.8 Å². The summed E-state index contributed by atoms with van der Waals surface area (Å²) in [6.45, 7) is 4.76. The van der Waals surface area contributed by atoms with Crippen molar-refractivity contribution >= 4 is 17.0 Å².